The molecule has 0 radical (unpaired) electrons. The summed E-state index contributed by atoms with van der Waals surface area (Å²) in [6.45, 7) is 4.21. The van der Waals surface area contributed by atoms with Gasteiger partial charge >= 0.3 is 5.97 Å². The molecule has 0 saturated heterocycles. The third-order valence-corrected chi connectivity index (χ3v) is 3.27. The van der Waals surface area contributed by atoms with Gasteiger partial charge in [-0.3, -0.25) is 4.79 Å². The first-order chi connectivity index (χ1) is 8.16. The molecule has 2 nitrogen and oxygen atoms in total. The molecule has 0 aromatic heterocycles. The fourth-order valence-electron chi connectivity index (χ4n) is 1.80. The van der Waals surface area contributed by atoms with Crippen LogP contribution in [-0.4, -0.2) is 18.0 Å². The minimum atomic E-state index is -0.191. The van der Waals surface area contributed by atoms with Crippen LogP contribution < -0.4 is 0 Å². The van der Waals surface area contributed by atoms with Crippen LogP contribution in [-0.2, 0) is 9.53 Å². The molecule has 0 heterocycles. The van der Waals surface area contributed by atoms with E-state index in [2.05, 4.69) is 6.92 Å². The standard InChI is InChI=1S/C14H27ClO2/c1-3-4-5-6-7-10-14(15)11-8-9-12-17-13(2)16/h14H,3-12H2,1-2H3. The predicted molar refractivity (Wildman–Crippen MR) is 73.5 cm³/mol. The van der Waals surface area contributed by atoms with E-state index in [1.165, 1.54) is 39.0 Å². The van der Waals surface area contributed by atoms with Crippen molar-refractivity contribution in [2.24, 2.45) is 0 Å². The van der Waals surface area contributed by atoms with E-state index in [1.807, 2.05) is 0 Å². The average molecular weight is 263 g/mol. The monoisotopic (exact) mass is 262 g/mol. The highest BCUT2D eigenvalue weighted by Crippen LogP contribution is 2.16. The quantitative estimate of drug-likeness (QED) is 0.307. The van der Waals surface area contributed by atoms with E-state index in [0.717, 1.165) is 25.7 Å². The molecule has 1 atom stereocenters. The first-order valence-corrected chi connectivity index (χ1v) is 7.38. The van der Waals surface area contributed by atoms with E-state index in [0.29, 0.717) is 12.0 Å². The highest BCUT2D eigenvalue weighted by molar-refractivity contribution is 6.20. The average Bonchev–Trinajstić information content (AvgIpc) is 2.28. The van der Waals surface area contributed by atoms with Crippen molar-refractivity contribution in [1.29, 1.82) is 0 Å². The summed E-state index contributed by atoms with van der Waals surface area (Å²) >= 11 is 6.23. The lowest BCUT2D eigenvalue weighted by atomic mass is 10.1. The Kier molecular flexibility index (Phi) is 12.1. The smallest absolute Gasteiger partial charge is 0.302 e. The van der Waals surface area contributed by atoms with E-state index < -0.39 is 0 Å². The molecular formula is C14H27ClO2. The number of ether oxygens (including phenoxy) is 1. The summed E-state index contributed by atoms with van der Waals surface area (Å²) in [5.74, 6) is -0.191. The van der Waals surface area contributed by atoms with Crippen LogP contribution in [0.3, 0.4) is 0 Å². The largest absolute Gasteiger partial charge is 0.466 e. The lowest BCUT2D eigenvalue weighted by molar-refractivity contribution is -0.141. The van der Waals surface area contributed by atoms with Crippen LogP contribution in [0, 0.1) is 0 Å². The van der Waals surface area contributed by atoms with E-state index >= 15 is 0 Å². The maximum Gasteiger partial charge on any atom is 0.302 e. The zero-order valence-electron chi connectivity index (χ0n) is 11.3. The first-order valence-electron chi connectivity index (χ1n) is 6.94. The zero-order valence-corrected chi connectivity index (χ0v) is 12.1. The van der Waals surface area contributed by atoms with Gasteiger partial charge in [0.25, 0.3) is 0 Å². The number of carbonyl (C=O) groups is 1. The molecule has 0 aliphatic rings. The van der Waals surface area contributed by atoms with Crippen molar-refractivity contribution >= 4 is 17.6 Å². The van der Waals surface area contributed by atoms with Crippen LogP contribution in [0.15, 0.2) is 0 Å². The molecule has 0 N–H and O–H groups in total. The van der Waals surface area contributed by atoms with Crippen LogP contribution in [0.2, 0.25) is 0 Å². The van der Waals surface area contributed by atoms with Crippen LogP contribution in [0.25, 0.3) is 0 Å². The van der Waals surface area contributed by atoms with Gasteiger partial charge in [0.2, 0.25) is 0 Å². The topological polar surface area (TPSA) is 26.3 Å². The van der Waals surface area contributed by atoms with Crippen LogP contribution in [0.4, 0.5) is 0 Å². The molecule has 102 valence electrons. The van der Waals surface area contributed by atoms with E-state index in [1.54, 1.807) is 0 Å². The van der Waals surface area contributed by atoms with Gasteiger partial charge in [-0.15, -0.1) is 11.6 Å². The number of unbranched alkanes of at least 4 members (excludes halogenated alkanes) is 5. The van der Waals surface area contributed by atoms with Gasteiger partial charge in [0.05, 0.1) is 6.61 Å². The summed E-state index contributed by atoms with van der Waals surface area (Å²) in [6, 6.07) is 0. The predicted octanol–water partition coefficient (Wildman–Crippen LogP) is 4.69. The number of halogens is 1. The van der Waals surface area contributed by atoms with E-state index in [4.69, 9.17) is 16.3 Å². The molecule has 0 aromatic carbocycles. The summed E-state index contributed by atoms with van der Waals surface area (Å²) < 4.78 is 4.87. The lowest BCUT2D eigenvalue weighted by Gasteiger charge is -2.09. The van der Waals surface area contributed by atoms with Gasteiger partial charge in [-0.2, -0.15) is 0 Å². The van der Waals surface area contributed by atoms with Gasteiger partial charge < -0.3 is 4.74 Å². The van der Waals surface area contributed by atoms with Gasteiger partial charge in [0.1, 0.15) is 0 Å². The molecule has 0 amide bonds. The molecule has 0 spiro atoms. The highest BCUT2D eigenvalue weighted by Gasteiger charge is 2.04. The number of hydrogen-bond donors (Lipinski definition) is 0. The number of alkyl halides is 1. The van der Waals surface area contributed by atoms with Gasteiger partial charge in [0, 0.05) is 12.3 Å². The van der Waals surface area contributed by atoms with Gasteiger partial charge in [0.15, 0.2) is 0 Å². The molecule has 3 heteroatoms. The molecule has 0 saturated carbocycles. The van der Waals surface area contributed by atoms with Crippen LogP contribution >= 0.6 is 11.6 Å². The van der Waals surface area contributed by atoms with Crippen molar-refractivity contribution in [2.75, 3.05) is 6.61 Å². The molecule has 1 unspecified atom stereocenters. The maximum absolute atomic E-state index is 10.5. The first kappa shape index (κ1) is 16.8. The second kappa shape index (κ2) is 12.2. The molecule has 0 aliphatic carbocycles. The summed E-state index contributed by atoms with van der Waals surface area (Å²) in [5, 5.41) is 0.300. The minimum Gasteiger partial charge on any atom is -0.466 e. The Morgan fingerprint density at radius 2 is 1.65 bits per heavy atom. The van der Waals surface area contributed by atoms with Crippen LogP contribution in [0.5, 0.6) is 0 Å². The Balaban J connectivity index is 3.17. The van der Waals surface area contributed by atoms with E-state index in [-0.39, 0.29) is 5.97 Å². The van der Waals surface area contributed by atoms with Gasteiger partial charge in [-0.05, 0) is 25.7 Å². The molecule has 17 heavy (non-hydrogen) atoms. The van der Waals surface area contributed by atoms with Crippen LogP contribution in [0.1, 0.15) is 71.6 Å². The molecule has 0 aromatic rings. The third-order valence-electron chi connectivity index (χ3n) is 2.84. The lowest BCUT2D eigenvalue weighted by Crippen LogP contribution is -2.03. The Bertz CT molecular complexity index is 183. The molecule has 0 fully saturated rings. The maximum atomic E-state index is 10.5. The summed E-state index contributed by atoms with van der Waals surface area (Å²) in [5.41, 5.74) is 0. The number of esters is 1. The van der Waals surface area contributed by atoms with Crippen molar-refractivity contribution in [2.45, 2.75) is 77.0 Å². The Labute approximate surface area is 111 Å². The Hall–Kier alpha value is -0.240. The van der Waals surface area contributed by atoms with Crippen molar-refractivity contribution in [3.63, 3.8) is 0 Å². The molecular weight excluding hydrogens is 236 g/mol. The van der Waals surface area contributed by atoms with E-state index in [9.17, 15) is 4.79 Å². The van der Waals surface area contributed by atoms with Crippen molar-refractivity contribution in [3.8, 4) is 0 Å². The van der Waals surface area contributed by atoms with Crippen molar-refractivity contribution < 1.29 is 9.53 Å². The second-order valence-corrected chi connectivity index (χ2v) is 5.25. The minimum absolute atomic E-state index is 0.191. The molecule has 0 bridgehead atoms. The third kappa shape index (κ3) is 13.7. The van der Waals surface area contributed by atoms with Gasteiger partial charge in [-0.1, -0.05) is 39.0 Å². The summed E-state index contributed by atoms with van der Waals surface area (Å²) in [6.07, 6.45) is 10.7. The fraction of sp³-hybridized carbons (Fsp3) is 0.929. The Morgan fingerprint density at radius 1 is 1.06 bits per heavy atom. The Morgan fingerprint density at radius 3 is 2.24 bits per heavy atom. The summed E-state index contributed by atoms with van der Waals surface area (Å²) in [7, 11) is 0. The number of carbonyl (C=O) groups excluding carboxylic acids is 1. The van der Waals surface area contributed by atoms with Gasteiger partial charge in [-0.25, -0.2) is 0 Å². The number of rotatable bonds is 11. The fourth-order valence-corrected chi connectivity index (χ4v) is 2.11. The zero-order chi connectivity index (χ0) is 12.9. The number of hydrogen-bond acceptors (Lipinski definition) is 2. The summed E-state index contributed by atoms with van der Waals surface area (Å²) in [4.78, 5) is 10.5. The normalized spacial score (nSPS) is 12.4. The molecule has 0 rings (SSSR count). The molecule has 0 aliphatic heterocycles. The SMILES string of the molecule is CCCCCCCC(Cl)CCCCOC(C)=O. The highest BCUT2D eigenvalue weighted by atomic mass is 35.5. The van der Waals surface area contributed by atoms with Crippen molar-refractivity contribution in [1.82, 2.24) is 0 Å². The van der Waals surface area contributed by atoms with Crippen molar-refractivity contribution in [3.05, 3.63) is 0 Å². The second-order valence-electron chi connectivity index (χ2n) is 4.64.